The molecule has 2 unspecified atom stereocenters. The van der Waals surface area contributed by atoms with E-state index in [1.807, 2.05) is 16.2 Å². The molecule has 2 aliphatic heterocycles. The predicted molar refractivity (Wildman–Crippen MR) is 145 cm³/mol. The van der Waals surface area contributed by atoms with E-state index in [9.17, 15) is 4.79 Å². The van der Waals surface area contributed by atoms with Crippen LogP contribution in [0, 0.1) is 5.92 Å². The molecule has 4 aromatic rings. The fourth-order valence-corrected chi connectivity index (χ4v) is 7.51. The second kappa shape index (κ2) is 8.13. The van der Waals surface area contributed by atoms with Crippen LogP contribution in [0.25, 0.3) is 16.6 Å². The quantitative estimate of drug-likeness (QED) is 0.424. The summed E-state index contributed by atoms with van der Waals surface area (Å²) in [5.41, 5.74) is 5.15. The standard InChI is InChI=1S/C30H34N6O2/c1-18-11-30(12-18,29-33-31-17-34(29)2)20-4-3-5-22(8-20)36-14-26(19-6-7-19)25-9-21(32-27(25)28(36)37)13-35-23-10-24(35)16-38-15-23/h3-5,8-9,14,17-19,23-24,32H,6-7,10-13,15-16H2,1-2H3. The first kappa shape index (κ1) is 22.7. The summed E-state index contributed by atoms with van der Waals surface area (Å²) in [4.78, 5) is 20.0. The topological polar surface area (TPSA) is 81.0 Å². The summed E-state index contributed by atoms with van der Waals surface area (Å²) in [7, 11) is 2.02. The van der Waals surface area contributed by atoms with E-state index in [-0.39, 0.29) is 11.0 Å². The third kappa shape index (κ3) is 3.32. The maximum Gasteiger partial charge on any atom is 0.279 e. The molecule has 3 aromatic heterocycles. The molecule has 8 heteroatoms. The first-order valence-electron chi connectivity index (χ1n) is 14.1. The average Bonchev–Trinajstić information content (AvgIpc) is 3.52. The number of ether oxygens (including phenoxy) is 1. The van der Waals surface area contributed by atoms with E-state index in [2.05, 4.69) is 63.5 Å². The van der Waals surface area contributed by atoms with Gasteiger partial charge in [0.15, 0.2) is 0 Å². The second-order valence-electron chi connectivity index (χ2n) is 12.3. The molecule has 8 rings (SSSR count). The molecule has 8 nitrogen and oxygen atoms in total. The van der Waals surface area contributed by atoms with E-state index in [1.54, 1.807) is 6.33 Å². The average molecular weight is 511 g/mol. The molecule has 0 radical (unpaired) electrons. The van der Waals surface area contributed by atoms with E-state index in [0.29, 0.717) is 23.9 Å². The summed E-state index contributed by atoms with van der Waals surface area (Å²) < 4.78 is 9.58. The van der Waals surface area contributed by atoms with E-state index >= 15 is 0 Å². The van der Waals surface area contributed by atoms with Crippen molar-refractivity contribution in [1.29, 1.82) is 0 Å². The van der Waals surface area contributed by atoms with Crippen molar-refractivity contribution in [3.05, 3.63) is 75.9 Å². The van der Waals surface area contributed by atoms with Gasteiger partial charge in [-0.3, -0.25) is 14.3 Å². The van der Waals surface area contributed by atoms with Gasteiger partial charge in [0.05, 0.1) is 18.6 Å². The molecule has 0 spiro atoms. The number of aromatic nitrogens is 5. The van der Waals surface area contributed by atoms with E-state index in [4.69, 9.17) is 4.74 Å². The van der Waals surface area contributed by atoms with Crippen molar-refractivity contribution in [3.63, 3.8) is 0 Å². The number of aromatic amines is 1. The molecule has 2 saturated heterocycles. The Labute approximate surface area is 221 Å². The highest BCUT2D eigenvalue weighted by Crippen LogP contribution is 2.51. The van der Waals surface area contributed by atoms with Gasteiger partial charge in [-0.05, 0) is 73.3 Å². The van der Waals surface area contributed by atoms with Crippen molar-refractivity contribution in [1.82, 2.24) is 29.2 Å². The Morgan fingerprint density at radius 1 is 1.16 bits per heavy atom. The fraction of sp³-hybridized carbons (Fsp3) is 0.500. The number of hydrogen-bond acceptors (Lipinski definition) is 5. The summed E-state index contributed by atoms with van der Waals surface area (Å²) >= 11 is 0. The number of nitrogens with zero attached hydrogens (tertiary/aromatic N) is 5. The molecule has 0 amide bonds. The van der Waals surface area contributed by atoms with Crippen LogP contribution in [-0.4, -0.2) is 54.5 Å². The minimum Gasteiger partial charge on any atom is -0.378 e. The Morgan fingerprint density at radius 2 is 1.97 bits per heavy atom. The summed E-state index contributed by atoms with van der Waals surface area (Å²) in [6.07, 6.45) is 9.58. The number of morpholine rings is 1. The van der Waals surface area contributed by atoms with Gasteiger partial charge in [0.25, 0.3) is 5.56 Å². The van der Waals surface area contributed by atoms with Gasteiger partial charge in [0, 0.05) is 48.6 Å². The normalized spacial score (nSPS) is 28.8. The van der Waals surface area contributed by atoms with Gasteiger partial charge in [0.1, 0.15) is 17.7 Å². The number of fused-ring (bicyclic) bond motifs is 3. The fourth-order valence-electron chi connectivity index (χ4n) is 7.51. The zero-order valence-corrected chi connectivity index (χ0v) is 22.1. The highest BCUT2D eigenvalue weighted by molar-refractivity contribution is 5.84. The van der Waals surface area contributed by atoms with Crippen molar-refractivity contribution in [2.24, 2.45) is 13.0 Å². The van der Waals surface area contributed by atoms with E-state index in [1.165, 1.54) is 30.4 Å². The summed E-state index contributed by atoms with van der Waals surface area (Å²) in [6, 6.07) is 11.8. The molecule has 5 heterocycles. The Balaban J connectivity index is 1.21. The molecule has 4 fully saturated rings. The number of rotatable bonds is 6. The maximum absolute atomic E-state index is 14.0. The van der Waals surface area contributed by atoms with Gasteiger partial charge < -0.3 is 14.3 Å². The third-order valence-corrected chi connectivity index (χ3v) is 9.57. The Morgan fingerprint density at radius 3 is 2.66 bits per heavy atom. The molecule has 2 aliphatic carbocycles. The molecule has 2 saturated carbocycles. The van der Waals surface area contributed by atoms with Crippen LogP contribution < -0.4 is 5.56 Å². The van der Waals surface area contributed by atoms with E-state index in [0.717, 1.165) is 60.7 Å². The van der Waals surface area contributed by atoms with Crippen molar-refractivity contribution >= 4 is 10.9 Å². The molecule has 2 bridgehead atoms. The zero-order valence-electron chi connectivity index (χ0n) is 22.1. The second-order valence-corrected chi connectivity index (χ2v) is 12.3. The number of H-pyrrole nitrogens is 1. The number of aryl methyl sites for hydroxylation is 1. The van der Waals surface area contributed by atoms with Crippen molar-refractivity contribution in [2.45, 2.75) is 69.0 Å². The van der Waals surface area contributed by atoms with Crippen LogP contribution in [0.1, 0.15) is 67.6 Å². The van der Waals surface area contributed by atoms with Crippen molar-refractivity contribution in [3.8, 4) is 5.69 Å². The molecular formula is C30H34N6O2. The van der Waals surface area contributed by atoms with Gasteiger partial charge >= 0.3 is 0 Å². The van der Waals surface area contributed by atoms with Crippen LogP contribution in [-0.2, 0) is 23.7 Å². The Kier molecular flexibility index (Phi) is 4.86. The Hall–Kier alpha value is -3.23. The third-order valence-electron chi connectivity index (χ3n) is 9.57. The van der Waals surface area contributed by atoms with Crippen LogP contribution in [0.4, 0.5) is 0 Å². The largest absolute Gasteiger partial charge is 0.378 e. The lowest BCUT2D eigenvalue weighted by atomic mass is 9.58. The van der Waals surface area contributed by atoms with Crippen molar-refractivity contribution in [2.75, 3.05) is 13.2 Å². The summed E-state index contributed by atoms with van der Waals surface area (Å²) in [5.74, 6) is 2.17. The van der Waals surface area contributed by atoms with Crippen LogP contribution in [0.15, 0.2) is 47.7 Å². The van der Waals surface area contributed by atoms with Crippen molar-refractivity contribution < 1.29 is 4.74 Å². The minimum absolute atomic E-state index is 0.0228. The maximum atomic E-state index is 14.0. The monoisotopic (exact) mass is 510 g/mol. The smallest absolute Gasteiger partial charge is 0.279 e. The number of nitrogens with one attached hydrogen (secondary N) is 1. The first-order valence-corrected chi connectivity index (χ1v) is 14.1. The lowest BCUT2D eigenvalue weighted by molar-refractivity contribution is -0.132. The van der Waals surface area contributed by atoms with E-state index < -0.39 is 0 Å². The number of benzene rings is 1. The zero-order chi connectivity index (χ0) is 25.6. The summed E-state index contributed by atoms with van der Waals surface area (Å²) in [6.45, 7) is 4.79. The molecule has 196 valence electrons. The highest BCUT2D eigenvalue weighted by Gasteiger charge is 2.48. The molecule has 38 heavy (non-hydrogen) atoms. The predicted octanol–water partition coefficient (Wildman–Crippen LogP) is 4.01. The highest BCUT2D eigenvalue weighted by atomic mass is 16.5. The molecule has 4 aliphatic rings. The van der Waals surface area contributed by atoms with Gasteiger partial charge in [-0.25, -0.2) is 0 Å². The number of pyridine rings is 1. The van der Waals surface area contributed by atoms with Crippen LogP contribution in [0.2, 0.25) is 0 Å². The van der Waals surface area contributed by atoms with Gasteiger partial charge in [-0.2, -0.15) is 0 Å². The van der Waals surface area contributed by atoms with Gasteiger partial charge in [-0.1, -0.05) is 19.1 Å². The Bertz CT molecular complexity index is 1590. The lowest BCUT2D eigenvalue weighted by Gasteiger charge is -2.52. The molecular weight excluding hydrogens is 476 g/mol. The van der Waals surface area contributed by atoms with Crippen LogP contribution in [0.3, 0.4) is 0 Å². The summed E-state index contributed by atoms with van der Waals surface area (Å²) in [5, 5.41) is 9.80. The SMILES string of the molecule is CC1CC(c2cccc(-n3cc(C4CC4)c4cc(CN5C6COCC5C6)[nH]c4c3=O)c2)(c2nncn2C)C1. The molecule has 1 aromatic carbocycles. The van der Waals surface area contributed by atoms with Gasteiger partial charge in [0.2, 0.25) is 0 Å². The molecule has 1 N–H and O–H groups in total. The lowest BCUT2D eigenvalue weighted by Crippen LogP contribution is -2.62. The first-order chi connectivity index (χ1) is 18.5. The number of hydrogen-bond donors (Lipinski definition) is 1. The van der Waals surface area contributed by atoms with Gasteiger partial charge in [-0.15, -0.1) is 10.2 Å². The molecule has 2 atom stereocenters. The van der Waals surface area contributed by atoms with Crippen LogP contribution in [0.5, 0.6) is 0 Å². The van der Waals surface area contributed by atoms with Crippen LogP contribution >= 0.6 is 0 Å². The minimum atomic E-state index is -0.160.